The standard InChI is InChI=1S/C31H38N4O3/c1-23-14-16-31(17-15-23,35-20-18-34(19-21-35)26-10-5-4-6-11-26)24-8-7-9-25(22-24)32-29(36)27-12-13-28(37-2)33-30(27)38-3/h4-13,22-23H,14-21H2,1-3H3,(H,32,36). The van der Waals surface area contributed by atoms with Crippen molar-refractivity contribution >= 4 is 17.3 Å². The fourth-order valence-corrected chi connectivity index (χ4v) is 6.01. The van der Waals surface area contributed by atoms with Crippen LogP contribution >= 0.6 is 0 Å². The molecule has 0 unspecified atom stereocenters. The number of aromatic nitrogens is 1. The Kier molecular flexibility index (Phi) is 7.84. The summed E-state index contributed by atoms with van der Waals surface area (Å²) >= 11 is 0. The maximum atomic E-state index is 13.2. The largest absolute Gasteiger partial charge is 0.481 e. The van der Waals surface area contributed by atoms with Crippen molar-refractivity contribution < 1.29 is 14.3 Å². The van der Waals surface area contributed by atoms with Gasteiger partial charge in [0.2, 0.25) is 11.8 Å². The number of rotatable bonds is 7. The van der Waals surface area contributed by atoms with Gasteiger partial charge in [-0.15, -0.1) is 0 Å². The number of nitrogens with one attached hydrogen (secondary N) is 1. The lowest BCUT2D eigenvalue weighted by molar-refractivity contribution is 0.0299. The molecule has 1 aliphatic carbocycles. The predicted molar refractivity (Wildman–Crippen MR) is 151 cm³/mol. The van der Waals surface area contributed by atoms with Crippen LogP contribution in [-0.2, 0) is 5.54 Å². The van der Waals surface area contributed by atoms with Gasteiger partial charge in [0, 0.05) is 49.2 Å². The van der Waals surface area contributed by atoms with Crippen molar-refractivity contribution in [3.8, 4) is 11.8 Å². The molecule has 0 bridgehead atoms. The Bertz CT molecular complexity index is 1230. The number of methoxy groups -OCH3 is 2. The summed E-state index contributed by atoms with van der Waals surface area (Å²) in [6, 6.07) is 22.5. The molecule has 5 rings (SSSR count). The highest BCUT2D eigenvalue weighted by molar-refractivity contribution is 6.05. The Morgan fingerprint density at radius 1 is 0.921 bits per heavy atom. The summed E-state index contributed by atoms with van der Waals surface area (Å²) < 4.78 is 10.5. The maximum Gasteiger partial charge on any atom is 0.261 e. The summed E-state index contributed by atoms with van der Waals surface area (Å²) in [7, 11) is 3.04. The van der Waals surface area contributed by atoms with Crippen molar-refractivity contribution in [3.63, 3.8) is 0 Å². The van der Waals surface area contributed by atoms with Crippen LogP contribution in [0.4, 0.5) is 11.4 Å². The highest BCUT2D eigenvalue weighted by Crippen LogP contribution is 2.45. The molecule has 7 heteroatoms. The van der Waals surface area contributed by atoms with Gasteiger partial charge in [0.15, 0.2) is 0 Å². The molecule has 0 spiro atoms. The van der Waals surface area contributed by atoms with Crippen molar-refractivity contribution in [3.05, 3.63) is 77.9 Å². The van der Waals surface area contributed by atoms with Crippen molar-refractivity contribution in [1.29, 1.82) is 0 Å². The van der Waals surface area contributed by atoms with Crippen molar-refractivity contribution in [2.75, 3.05) is 50.6 Å². The minimum atomic E-state index is -0.253. The van der Waals surface area contributed by atoms with Gasteiger partial charge in [0.05, 0.1) is 14.2 Å². The molecule has 0 atom stereocenters. The van der Waals surface area contributed by atoms with E-state index in [1.165, 1.54) is 38.3 Å². The number of ether oxygens (including phenoxy) is 2. The summed E-state index contributed by atoms with van der Waals surface area (Å²) in [6.07, 6.45) is 4.69. The Balaban J connectivity index is 1.37. The first-order valence-corrected chi connectivity index (χ1v) is 13.6. The number of carbonyl (C=O) groups excluding carboxylic acids is 1. The third kappa shape index (κ3) is 5.34. The molecule has 38 heavy (non-hydrogen) atoms. The van der Waals surface area contributed by atoms with E-state index < -0.39 is 0 Å². The van der Waals surface area contributed by atoms with E-state index in [9.17, 15) is 4.79 Å². The van der Waals surface area contributed by atoms with E-state index in [0.717, 1.165) is 50.6 Å². The average molecular weight is 515 g/mol. The second-order valence-electron chi connectivity index (χ2n) is 10.5. The average Bonchev–Trinajstić information content (AvgIpc) is 2.98. The van der Waals surface area contributed by atoms with Crippen LogP contribution in [0, 0.1) is 5.92 Å². The molecule has 1 aliphatic heterocycles. The molecule has 1 aromatic heterocycles. The third-order valence-corrected chi connectivity index (χ3v) is 8.25. The topological polar surface area (TPSA) is 66.9 Å². The first-order chi connectivity index (χ1) is 18.5. The van der Waals surface area contributed by atoms with E-state index >= 15 is 0 Å². The number of hydrogen-bond acceptors (Lipinski definition) is 6. The first-order valence-electron chi connectivity index (χ1n) is 13.6. The van der Waals surface area contributed by atoms with Crippen LogP contribution in [-0.4, -0.2) is 56.2 Å². The number of pyridine rings is 1. The van der Waals surface area contributed by atoms with Gasteiger partial charge in [-0.05, 0) is 67.5 Å². The van der Waals surface area contributed by atoms with E-state index in [0.29, 0.717) is 11.4 Å². The zero-order valence-electron chi connectivity index (χ0n) is 22.7. The fraction of sp³-hybridized carbons (Fsp3) is 0.419. The van der Waals surface area contributed by atoms with Crippen LogP contribution in [0.5, 0.6) is 11.8 Å². The fourth-order valence-electron chi connectivity index (χ4n) is 6.01. The quantitative estimate of drug-likeness (QED) is 0.444. The summed E-state index contributed by atoms with van der Waals surface area (Å²) in [5.74, 6) is 1.14. The number of amides is 1. The summed E-state index contributed by atoms with van der Waals surface area (Å²) in [4.78, 5) is 22.6. The van der Waals surface area contributed by atoms with Crippen LogP contribution in [0.1, 0.15) is 48.5 Å². The van der Waals surface area contributed by atoms with E-state index in [1.54, 1.807) is 12.1 Å². The zero-order chi connectivity index (χ0) is 26.5. The van der Waals surface area contributed by atoms with Crippen LogP contribution in [0.25, 0.3) is 0 Å². The van der Waals surface area contributed by atoms with Crippen molar-refractivity contribution in [2.24, 2.45) is 5.92 Å². The zero-order valence-corrected chi connectivity index (χ0v) is 22.7. The second kappa shape index (κ2) is 11.4. The lowest BCUT2D eigenvalue weighted by atomic mass is 9.71. The van der Waals surface area contributed by atoms with Crippen LogP contribution in [0.2, 0.25) is 0 Å². The number of hydrogen-bond donors (Lipinski definition) is 1. The lowest BCUT2D eigenvalue weighted by Crippen LogP contribution is -2.56. The molecule has 7 nitrogen and oxygen atoms in total. The Morgan fingerprint density at radius 3 is 2.34 bits per heavy atom. The Hall–Kier alpha value is -3.58. The van der Waals surface area contributed by atoms with Crippen LogP contribution in [0.3, 0.4) is 0 Å². The van der Waals surface area contributed by atoms with Gasteiger partial charge >= 0.3 is 0 Å². The number of anilines is 2. The van der Waals surface area contributed by atoms with E-state index in [4.69, 9.17) is 9.47 Å². The van der Waals surface area contributed by atoms with Gasteiger partial charge in [-0.25, -0.2) is 0 Å². The SMILES string of the molecule is COc1ccc(C(=O)Nc2cccc(C3(N4CCN(c5ccccc5)CC4)CCC(C)CC3)c2)c(OC)n1. The molecular weight excluding hydrogens is 476 g/mol. The molecule has 1 amide bonds. The molecule has 1 saturated carbocycles. The minimum Gasteiger partial charge on any atom is -0.481 e. The molecule has 2 heterocycles. The number of carbonyl (C=O) groups is 1. The third-order valence-electron chi connectivity index (χ3n) is 8.25. The predicted octanol–water partition coefficient (Wildman–Crippen LogP) is 5.58. The minimum absolute atomic E-state index is 0.0185. The van der Waals surface area contributed by atoms with E-state index in [-0.39, 0.29) is 17.3 Å². The Morgan fingerprint density at radius 2 is 1.66 bits per heavy atom. The van der Waals surface area contributed by atoms with Crippen LogP contribution in [0.15, 0.2) is 66.7 Å². The molecule has 2 aliphatic rings. The van der Waals surface area contributed by atoms with E-state index in [1.807, 2.05) is 6.07 Å². The first kappa shape index (κ1) is 26.0. The van der Waals surface area contributed by atoms with Gasteiger partial charge < -0.3 is 19.7 Å². The molecule has 200 valence electrons. The van der Waals surface area contributed by atoms with Crippen LogP contribution < -0.4 is 19.7 Å². The molecule has 0 radical (unpaired) electrons. The molecular formula is C31H38N4O3. The number of piperazine rings is 1. The highest BCUT2D eigenvalue weighted by atomic mass is 16.5. The molecule has 3 aromatic rings. The van der Waals surface area contributed by atoms with Gasteiger partial charge in [-0.2, -0.15) is 4.98 Å². The van der Waals surface area contributed by atoms with Gasteiger partial charge in [-0.3, -0.25) is 9.69 Å². The number of nitrogens with zero attached hydrogens (tertiary/aromatic N) is 3. The normalized spacial score (nSPS) is 22.1. The van der Waals surface area contributed by atoms with Gasteiger partial charge in [-0.1, -0.05) is 37.3 Å². The van der Waals surface area contributed by atoms with Crippen molar-refractivity contribution in [2.45, 2.75) is 38.1 Å². The molecule has 2 fully saturated rings. The lowest BCUT2D eigenvalue weighted by Gasteiger charge is -2.51. The summed E-state index contributed by atoms with van der Waals surface area (Å²) in [5, 5.41) is 3.08. The molecule has 1 saturated heterocycles. The molecule has 1 N–H and O–H groups in total. The molecule has 2 aromatic carbocycles. The van der Waals surface area contributed by atoms with Crippen molar-refractivity contribution in [1.82, 2.24) is 9.88 Å². The highest BCUT2D eigenvalue weighted by Gasteiger charge is 2.42. The monoisotopic (exact) mass is 514 g/mol. The van der Waals surface area contributed by atoms with E-state index in [2.05, 4.69) is 75.6 Å². The summed E-state index contributed by atoms with van der Waals surface area (Å²) in [5.41, 5.74) is 3.72. The smallest absolute Gasteiger partial charge is 0.261 e. The Labute approximate surface area is 225 Å². The second-order valence-corrected chi connectivity index (χ2v) is 10.5. The van der Waals surface area contributed by atoms with Gasteiger partial charge in [0.25, 0.3) is 5.91 Å². The number of para-hydroxylation sites is 1. The van der Waals surface area contributed by atoms with Gasteiger partial charge in [0.1, 0.15) is 5.56 Å². The maximum absolute atomic E-state index is 13.2. The summed E-state index contributed by atoms with van der Waals surface area (Å²) in [6.45, 7) is 6.44. The number of benzene rings is 2.